The number of nitrogens with one attached hydrogen (secondary N) is 1. The van der Waals surface area contributed by atoms with Crippen LogP contribution in [0.2, 0.25) is 0 Å². The smallest absolute Gasteiger partial charge is 0.269 e. The molecule has 0 aliphatic carbocycles. The zero-order valence-electron chi connectivity index (χ0n) is 14.9. The van der Waals surface area contributed by atoms with E-state index in [2.05, 4.69) is 31.3 Å². The summed E-state index contributed by atoms with van der Waals surface area (Å²) >= 11 is 0. The summed E-state index contributed by atoms with van der Waals surface area (Å²) in [5.74, 6) is 1.44. The number of aryl methyl sites for hydroxylation is 3. The molecule has 132 valence electrons. The number of aromatic nitrogens is 2. The van der Waals surface area contributed by atoms with E-state index in [0.29, 0.717) is 5.75 Å². The molecule has 26 heavy (non-hydrogen) atoms. The van der Waals surface area contributed by atoms with Crippen molar-refractivity contribution in [3.05, 3.63) is 69.1 Å². The van der Waals surface area contributed by atoms with E-state index in [1.54, 1.807) is 10.7 Å². The summed E-state index contributed by atoms with van der Waals surface area (Å²) in [7, 11) is 0. The van der Waals surface area contributed by atoms with Crippen LogP contribution < -0.4 is 20.3 Å². The van der Waals surface area contributed by atoms with E-state index in [-0.39, 0.29) is 18.5 Å². The lowest BCUT2D eigenvalue weighted by molar-refractivity contribution is 0.174. The monoisotopic (exact) mass is 349 g/mol. The van der Waals surface area contributed by atoms with Crippen LogP contribution in [-0.4, -0.2) is 16.2 Å². The van der Waals surface area contributed by atoms with Crippen molar-refractivity contribution in [2.75, 3.05) is 12.1 Å². The van der Waals surface area contributed by atoms with Crippen molar-refractivity contribution in [2.24, 2.45) is 0 Å². The van der Waals surface area contributed by atoms with Crippen LogP contribution in [0.15, 0.2) is 41.2 Å². The molecule has 0 radical (unpaired) electrons. The highest BCUT2D eigenvalue weighted by Gasteiger charge is 2.29. The second-order valence-electron chi connectivity index (χ2n) is 6.89. The third kappa shape index (κ3) is 2.02. The average Bonchev–Trinajstić information content (AvgIpc) is 3.19. The van der Waals surface area contributed by atoms with Crippen LogP contribution in [0.3, 0.4) is 0 Å². The van der Waals surface area contributed by atoms with Crippen molar-refractivity contribution in [3.63, 3.8) is 0 Å². The minimum Gasteiger partial charge on any atom is -0.454 e. The Morgan fingerprint density at radius 3 is 2.62 bits per heavy atom. The summed E-state index contributed by atoms with van der Waals surface area (Å²) in [6, 6.07) is 11.7. The van der Waals surface area contributed by atoms with Crippen molar-refractivity contribution in [1.29, 1.82) is 0 Å². The van der Waals surface area contributed by atoms with Crippen LogP contribution >= 0.6 is 0 Å². The Hall–Kier alpha value is -3.15. The second kappa shape index (κ2) is 5.17. The fourth-order valence-corrected chi connectivity index (χ4v) is 3.73. The summed E-state index contributed by atoms with van der Waals surface area (Å²) in [4.78, 5) is 12.7. The second-order valence-corrected chi connectivity index (χ2v) is 6.89. The molecule has 6 heteroatoms. The van der Waals surface area contributed by atoms with Crippen LogP contribution in [0.25, 0.3) is 5.69 Å². The van der Waals surface area contributed by atoms with Crippen molar-refractivity contribution in [2.45, 2.75) is 26.9 Å². The first-order valence-electron chi connectivity index (χ1n) is 8.62. The lowest BCUT2D eigenvalue weighted by Crippen LogP contribution is -2.36. The number of fused-ring (bicyclic) bond motifs is 4. The zero-order chi connectivity index (χ0) is 18.0. The van der Waals surface area contributed by atoms with Gasteiger partial charge in [-0.25, -0.2) is 4.68 Å². The molecule has 1 N–H and O–H groups in total. The molecule has 1 atom stereocenters. The van der Waals surface area contributed by atoms with Gasteiger partial charge < -0.3 is 14.8 Å². The normalized spacial score (nSPS) is 16.8. The van der Waals surface area contributed by atoms with E-state index in [0.717, 1.165) is 28.4 Å². The van der Waals surface area contributed by atoms with Gasteiger partial charge in [0.25, 0.3) is 5.56 Å². The highest BCUT2D eigenvalue weighted by Crippen LogP contribution is 2.38. The van der Waals surface area contributed by atoms with E-state index in [4.69, 9.17) is 9.47 Å². The number of ether oxygens (including phenoxy) is 2. The molecular weight excluding hydrogens is 330 g/mol. The van der Waals surface area contributed by atoms with Crippen LogP contribution in [0, 0.1) is 20.8 Å². The molecule has 6 nitrogen and oxygen atoms in total. The molecular formula is C20H19N3O3. The number of hydrogen-bond donors (Lipinski definition) is 1. The van der Waals surface area contributed by atoms with Gasteiger partial charge in [-0.1, -0.05) is 6.07 Å². The number of benzene rings is 2. The van der Waals surface area contributed by atoms with Crippen molar-refractivity contribution in [1.82, 2.24) is 9.36 Å². The zero-order valence-corrected chi connectivity index (χ0v) is 14.9. The van der Waals surface area contributed by atoms with Crippen LogP contribution in [-0.2, 0) is 0 Å². The third-order valence-corrected chi connectivity index (χ3v) is 5.20. The average molecular weight is 349 g/mol. The van der Waals surface area contributed by atoms with E-state index in [9.17, 15) is 4.79 Å². The maximum Gasteiger partial charge on any atom is 0.269 e. The highest BCUT2D eigenvalue weighted by molar-refractivity contribution is 5.67. The maximum atomic E-state index is 12.7. The molecule has 1 aromatic heterocycles. The van der Waals surface area contributed by atoms with E-state index < -0.39 is 0 Å². The van der Waals surface area contributed by atoms with Crippen LogP contribution in [0.4, 0.5) is 5.69 Å². The first-order chi connectivity index (χ1) is 12.5. The first-order valence-corrected chi connectivity index (χ1v) is 8.62. The minimum atomic E-state index is -0.319. The molecule has 5 rings (SSSR count). The van der Waals surface area contributed by atoms with Gasteiger partial charge in [0.05, 0.1) is 11.4 Å². The van der Waals surface area contributed by atoms with Gasteiger partial charge in [0.15, 0.2) is 11.5 Å². The summed E-state index contributed by atoms with van der Waals surface area (Å²) in [5, 5.41) is 3.53. The van der Waals surface area contributed by atoms with Gasteiger partial charge in [-0.2, -0.15) is 0 Å². The molecule has 0 spiro atoms. The molecule has 0 saturated heterocycles. The Balaban J connectivity index is 1.74. The fraction of sp³-hybridized carbons (Fsp3) is 0.250. The largest absolute Gasteiger partial charge is 0.454 e. The number of anilines is 1. The van der Waals surface area contributed by atoms with E-state index in [1.165, 1.54) is 11.1 Å². The Bertz CT molecular complexity index is 1110. The lowest BCUT2D eigenvalue weighted by Gasteiger charge is -2.32. The summed E-state index contributed by atoms with van der Waals surface area (Å²) < 4.78 is 14.7. The van der Waals surface area contributed by atoms with Gasteiger partial charge >= 0.3 is 0 Å². The Kier molecular flexibility index (Phi) is 3.01. The SMILES string of the molecule is Cc1cc2c(cc1C)-n1c(C)cc(=O)n1C(c1ccc3c(c1)OCO3)N2. The predicted octanol–water partition coefficient (Wildman–Crippen LogP) is 3.27. The standard InChI is InChI=1S/C20H19N3O3/c1-11-6-15-16(7-12(11)2)22-13(3)8-19(24)23(22)20(21-15)14-4-5-17-18(9-14)26-10-25-17/h4-9,20-21H,10H2,1-3H3. The van der Waals surface area contributed by atoms with Gasteiger partial charge in [0, 0.05) is 17.3 Å². The molecule has 1 unspecified atom stereocenters. The molecule has 3 aromatic rings. The van der Waals surface area contributed by atoms with Gasteiger partial charge in [-0.05, 0) is 56.2 Å². The molecule has 0 amide bonds. The molecule has 0 saturated carbocycles. The van der Waals surface area contributed by atoms with Crippen molar-refractivity contribution >= 4 is 5.69 Å². The summed E-state index contributed by atoms with van der Waals surface area (Å²) in [6.07, 6.45) is -0.319. The molecule has 2 aromatic carbocycles. The summed E-state index contributed by atoms with van der Waals surface area (Å²) in [5.41, 5.74) is 6.22. The topological polar surface area (TPSA) is 57.4 Å². The Morgan fingerprint density at radius 2 is 1.77 bits per heavy atom. The van der Waals surface area contributed by atoms with Gasteiger partial charge in [-0.3, -0.25) is 9.48 Å². The molecule has 2 aliphatic heterocycles. The quantitative estimate of drug-likeness (QED) is 0.733. The first kappa shape index (κ1) is 15.1. The maximum absolute atomic E-state index is 12.7. The summed E-state index contributed by atoms with van der Waals surface area (Å²) in [6.45, 7) is 6.37. The van der Waals surface area contributed by atoms with Crippen LogP contribution in [0.1, 0.15) is 28.6 Å². The predicted molar refractivity (Wildman–Crippen MR) is 98.6 cm³/mol. The van der Waals surface area contributed by atoms with Crippen molar-refractivity contribution in [3.8, 4) is 17.2 Å². The minimum absolute atomic E-state index is 0.0402. The van der Waals surface area contributed by atoms with Gasteiger partial charge in [0.1, 0.15) is 6.17 Å². The van der Waals surface area contributed by atoms with Gasteiger partial charge in [-0.15, -0.1) is 0 Å². The molecule has 2 aliphatic rings. The molecule has 3 heterocycles. The van der Waals surface area contributed by atoms with Crippen LogP contribution in [0.5, 0.6) is 11.5 Å². The lowest BCUT2D eigenvalue weighted by atomic mass is 10.1. The number of rotatable bonds is 1. The Labute approximate surface area is 150 Å². The number of nitrogens with zero attached hydrogens (tertiary/aromatic N) is 2. The van der Waals surface area contributed by atoms with E-state index >= 15 is 0 Å². The van der Waals surface area contributed by atoms with E-state index in [1.807, 2.05) is 29.8 Å². The third-order valence-electron chi connectivity index (χ3n) is 5.20. The molecule has 0 fully saturated rings. The fourth-order valence-electron chi connectivity index (χ4n) is 3.73. The Morgan fingerprint density at radius 1 is 1.00 bits per heavy atom. The van der Waals surface area contributed by atoms with Gasteiger partial charge in [0.2, 0.25) is 6.79 Å². The van der Waals surface area contributed by atoms with Crippen molar-refractivity contribution < 1.29 is 9.47 Å². The number of hydrogen-bond acceptors (Lipinski definition) is 4. The highest BCUT2D eigenvalue weighted by atomic mass is 16.7. The molecule has 0 bridgehead atoms.